The first-order valence-electron chi connectivity index (χ1n) is 7.68. The average molecular weight is 313 g/mol. The normalized spacial score (nSPS) is 10.7. The Bertz CT molecular complexity index is 763. The monoisotopic (exact) mass is 313 g/mol. The predicted octanol–water partition coefficient (Wildman–Crippen LogP) is 2.37. The number of nitrogens with zero attached hydrogens (tertiary/aromatic N) is 2. The molecular weight excluding hydrogens is 290 g/mol. The van der Waals surface area contributed by atoms with Crippen LogP contribution in [0.2, 0.25) is 0 Å². The number of aryl methyl sites for hydroxylation is 3. The lowest BCUT2D eigenvalue weighted by Crippen LogP contribution is -2.31. The van der Waals surface area contributed by atoms with E-state index in [1.165, 1.54) is 0 Å². The molecular formula is C18H23N3O2. The van der Waals surface area contributed by atoms with Crippen LogP contribution in [0.3, 0.4) is 0 Å². The quantitative estimate of drug-likeness (QED) is 0.942. The lowest BCUT2D eigenvalue weighted by molar-refractivity contribution is -0.120. The summed E-state index contributed by atoms with van der Waals surface area (Å²) < 4.78 is 0. The second kappa shape index (κ2) is 6.77. The van der Waals surface area contributed by atoms with E-state index in [4.69, 9.17) is 0 Å². The van der Waals surface area contributed by atoms with Crippen LogP contribution in [0.25, 0.3) is 10.9 Å². The summed E-state index contributed by atoms with van der Waals surface area (Å²) in [5.41, 5.74) is 4.45. The van der Waals surface area contributed by atoms with Gasteiger partial charge < -0.3 is 10.2 Å². The summed E-state index contributed by atoms with van der Waals surface area (Å²) in [7, 11) is 3.31. The van der Waals surface area contributed by atoms with Gasteiger partial charge in [0.05, 0.1) is 11.1 Å². The molecule has 0 aliphatic heterocycles. The van der Waals surface area contributed by atoms with E-state index in [0.717, 1.165) is 27.7 Å². The van der Waals surface area contributed by atoms with Gasteiger partial charge in [-0.05, 0) is 44.0 Å². The highest BCUT2D eigenvalue weighted by molar-refractivity contribution is 6.07. The first kappa shape index (κ1) is 16.9. The van der Waals surface area contributed by atoms with Gasteiger partial charge in [-0.1, -0.05) is 6.07 Å². The van der Waals surface area contributed by atoms with Gasteiger partial charge in [0, 0.05) is 38.1 Å². The zero-order chi connectivity index (χ0) is 17.1. The standard InChI is InChI=1S/C18H23N3O2/c1-11-8-12(2)17-14(10-13(3)20-15(17)9-11)18(23)21(5)7-6-16(22)19-4/h8-10H,6-7H2,1-5H3,(H,19,22). The van der Waals surface area contributed by atoms with E-state index >= 15 is 0 Å². The molecule has 2 amide bonds. The van der Waals surface area contributed by atoms with Crippen molar-refractivity contribution in [3.8, 4) is 0 Å². The van der Waals surface area contributed by atoms with E-state index < -0.39 is 0 Å². The summed E-state index contributed by atoms with van der Waals surface area (Å²) >= 11 is 0. The van der Waals surface area contributed by atoms with Crippen molar-refractivity contribution < 1.29 is 9.59 Å². The largest absolute Gasteiger partial charge is 0.359 e. The molecule has 5 heteroatoms. The Balaban J connectivity index is 2.42. The van der Waals surface area contributed by atoms with Gasteiger partial charge in [0.2, 0.25) is 5.91 Å². The molecule has 1 N–H and O–H groups in total. The van der Waals surface area contributed by atoms with Crippen LogP contribution in [0.5, 0.6) is 0 Å². The molecule has 0 atom stereocenters. The zero-order valence-corrected chi connectivity index (χ0v) is 14.4. The Kier molecular flexibility index (Phi) is 4.98. The molecule has 0 aliphatic carbocycles. The van der Waals surface area contributed by atoms with Crippen molar-refractivity contribution >= 4 is 22.7 Å². The van der Waals surface area contributed by atoms with Gasteiger partial charge in [0.1, 0.15) is 0 Å². The van der Waals surface area contributed by atoms with Crippen LogP contribution in [0.1, 0.15) is 33.6 Å². The molecule has 0 saturated heterocycles. The second-order valence-corrected chi connectivity index (χ2v) is 5.94. The highest BCUT2D eigenvalue weighted by atomic mass is 16.2. The Hall–Kier alpha value is -2.43. The average Bonchev–Trinajstić information content (AvgIpc) is 2.49. The third kappa shape index (κ3) is 3.67. The Morgan fingerprint density at radius 3 is 2.52 bits per heavy atom. The smallest absolute Gasteiger partial charge is 0.254 e. The number of carbonyl (C=O) groups is 2. The maximum absolute atomic E-state index is 12.8. The summed E-state index contributed by atoms with van der Waals surface area (Å²) in [4.78, 5) is 30.3. The molecule has 0 radical (unpaired) electrons. The van der Waals surface area contributed by atoms with Crippen molar-refractivity contribution in [2.45, 2.75) is 27.2 Å². The molecule has 1 aromatic carbocycles. The molecule has 1 heterocycles. The van der Waals surface area contributed by atoms with Crippen LogP contribution in [0.15, 0.2) is 18.2 Å². The lowest BCUT2D eigenvalue weighted by atomic mass is 10.00. The lowest BCUT2D eigenvalue weighted by Gasteiger charge is -2.19. The fourth-order valence-corrected chi connectivity index (χ4v) is 2.76. The Morgan fingerprint density at radius 2 is 1.87 bits per heavy atom. The van der Waals surface area contributed by atoms with E-state index in [0.29, 0.717) is 18.5 Å². The summed E-state index contributed by atoms with van der Waals surface area (Å²) in [6.07, 6.45) is 0.291. The minimum atomic E-state index is -0.0867. The second-order valence-electron chi connectivity index (χ2n) is 5.94. The molecule has 2 aromatic rings. The first-order chi connectivity index (χ1) is 10.8. The van der Waals surface area contributed by atoms with Gasteiger partial charge in [-0.25, -0.2) is 0 Å². The molecule has 1 aromatic heterocycles. The third-order valence-corrected chi connectivity index (χ3v) is 3.91. The molecule has 0 spiro atoms. The predicted molar refractivity (Wildman–Crippen MR) is 91.6 cm³/mol. The van der Waals surface area contributed by atoms with Crippen molar-refractivity contribution in [3.05, 3.63) is 40.6 Å². The summed E-state index contributed by atoms with van der Waals surface area (Å²) in [5.74, 6) is -0.163. The molecule has 23 heavy (non-hydrogen) atoms. The van der Waals surface area contributed by atoms with Crippen molar-refractivity contribution in [1.29, 1.82) is 0 Å². The number of hydrogen-bond donors (Lipinski definition) is 1. The topological polar surface area (TPSA) is 62.3 Å². The van der Waals surface area contributed by atoms with Crippen LogP contribution >= 0.6 is 0 Å². The minimum Gasteiger partial charge on any atom is -0.359 e. The van der Waals surface area contributed by atoms with Crippen molar-refractivity contribution in [2.24, 2.45) is 0 Å². The number of fused-ring (bicyclic) bond motifs is 1. The fourth-order valence-electron chi connectivity index (χ4n) is 2.76. The zero-order valence-electron chi connectivity index (χ0n) is 14.4. The third-order valence-electron chi connectivity index (χ3n) is 3.91. The maximum atomic E-state index is 12.8. The number of nitrogens with one attached hydrogen (secondary N) is 1. The number of rotatable bonds is 4. The molecule has 5 nitrogen and oxygen atoms in total. The highest BCUT2D eigenvalue weighted by Gasteiger charge is 2.18. The van der Waals surface area contributed by atoms with E-state index in [9.17, 15) is 9.59 Å². The Labute approximate surface area is 136 Å². The van der Waals surface area contributed by atoms with Crippen LogP contribution in [-0.4, -0.2) is 42.3 Å². The number of hydrogen-bond acceptors (Lipinski definition) is 3. The number of benzene rings is 1. The van der Waals surface area contributed by atoms with Gasteiger partial charge in [-0.2, -0.15) is 0 Å². The number of pyridine rings is 1. The van der Waals surface area contributed by atoms with Gasteiger partial charge in [-0.15, -0.1) is 0 Å². The van der Waals surface area contributed by atoms with Crippen LogP contribution in [0.4, 0.5) is 0 Å². The van der Waals surface area contributed by atoms with E-state index in [-0.39, 0.29) is 11.8 Å². The van der Waals surface area contributed by atoms with E-state index in [2.05, 4.69) is 16.4 Å². The van der Waals surface area contributed by atoms with Gasteiger partial charge >= 0.3 is 0 Å². The minimum absolute atomic E-state index is 0.0766. The molecule has 0 fully saturated rings. The van der Waals surface area contributed by atoms with Crippen LogP contribution in [0, 0.1) is 20.8 Å². The molecule has 122 valence electrons. The van der Waals surface area contributed by atoms with E-state index in [1.54, 1.807) is 19.0 Å². The van der Waals surface area contributed by atoms with Crippen molar-refractivity contribution in [2.75, 3.05) is 20.6 Å². The number of amides is 2. The van der Waals surface area contributed by atoms with Crippen LogP contribution in [-0.2, 0) is 4.79 Å². The molecule has 2 rings (SSSR count). The Morgan fingerprint density at radius 1 is 1.17 bits per heavy atom. The summed E-state index contributed by atoms with van der Waals surface area (Å²) in [6.45, 7) is 6.28. The molecule has 0 bridgehead atoms. The van der Waals surface area contributed by atoms with Gasteiger partial charge in [0.15, 0.2) is 0 Å². The van der Waals surface area contributed by atoms with E-state index in [1.807, 2.05) is 32.9 Å². The highest BCUT2D eigenvalue weighted by Crippen LogP contribution is 2.25. The maximum Gasteiger partial charge on any atom is 0.254 e. The number of carbonyl (C=O) groups excluding carboxylic acids is 2. The molecule has 0 aliphatic rings. The van der Waals surface area contributed by atoms with Crippen molar-refractivity contribution in [1.82, 2.24) is 15.2 Å². The summed E-state index contributed by atoms with van der Waals surface area (Å²) in [5, 5.41) is 3.45. The SMILES string of the molecule is CNC(=O)CCN(C)C(=O)c1cc(C)nc2cc(C)cc(C)c12. The first-order valence-corrected chi connectivity index (χ1v) is 7.68. The number of aromatic nitrogens is 1. The fraction of sp³-hybridized carbons (Fsp3) is 0.389. The van der Waals surface area contributed by atoms with Gasteiger partial charge in [-0.3, -0.25) is 14.6 Å². The van der Waals surface area contributed by atoms with Crippen LogP contribution < -0.4 is 5.32 Å². The summed E-state index contributed by atoms with van der Waals surface area (Å²) in [6, 6.07) is 5.88. The molecule has 0 unspecified atom stereocenters. The molecule has 0 saturated carbocycles. The van der Waals surface area contributed by atoms with Gasteiger partial charge in [0.25, 0.3) is 5.91 Å². The van der Waals surface area contributed by atoms with Crippen molar-refractivity contribution in [3.63, 3.8) is 0 Å².